The highest BCUT2D eigenvalue weighted by atomic mass is 16.5. The van der Waals surface area contributed by atoms with Gasteiger partial charge in [0.05, 0.1) is 0 Å². The van der Waals surface area contributed by atoms with Gasteiger partial charge >= 0.3 is 0 Å². The van der Waals surface area contributed by atoms with Crippen molar-refractivity contribution in [2.75, 3.05) is 32.1 Å². The number of aromatic nitrogens is 1. The number of piperidine rings is 1. The van der Waals surface area contributed by atoms with Crippen molar-refractivity contribution in [3.8, 4) is 5.75 Å². The van der Waals surface area contributed by atoms with E-state index in [-0.39, 0.29) is 12.4 Å². The van der Waals surface area contributed by atoms with Gasteiger partial charge in [-0.15, -0.1) is 0 Å². The Morgan fingerprint density at radius 2 is 1.89 bits per heavy atom. The maximum atomic E-state index is 11.5. The number of anilines is 2. The monoisotopic (exact) mass is 375 g/mol. The fourth-order valence-electron chi connectivity index (χ4n) is 4.38. The molecule has 5 rings (SSSR count). The number of rotatable bonds is 3. The summed E-state index contributed by atoms with van der Waals surface area (Å²) in [5.41, 5.74) is 5.58. The minimum Gasteiger partial charge on any atom is -0.485 e. The predicted octanol–water partition coefficient (Wildman–Crippen LogP) is 4.22. The molecule has 2 N–H and O–H groups in total. The normalized spacial score (nSPS) is 18.1. The van der Waals surface area contributed by atoms with Crippen LogP contribution in [0.5, 0.6) is 5.75 Å². The number of nitrogens with zero attached hydrogens (tertiary/aromatic N) is 1. The first-order chi connectivity index (χ1) is 13.7. The number of ketones is 1. The summed E-state index contributed by atoms with van der Waals surface area (Å²) in [5.74, 6) is 1.57. The van der Waals surface area contributed by atoms with E-state index in [4.69, 9.17) is 4.74 Å². The van der Waals surface area contributed by atoms with E-state index in [0.717, 1.165) is 22.7 Å². The number of ether oxygens (including phenoxy) is 1. The quantitative estimate of drug-likeness (QED) is 0.719. The van der Waals surface area contributed by atoms with Crippen LogP contribution >= 0.6 is 0 Å². The Bertz CT molecular complexity index is 1030. The van der Waals surface area contributed by atoms with Crippen molar-refractivity contribution >= 4 is 28.1 Å². The molecule has 0 aliphatic carbocycles. The summed E-state index contributed by atoms with van der Waals surface area (Å²) in [5, 5.41) is 4.79. The second-order valence-electron chi connectivity index (χ2n) is 8.03. The van der Waals surface area contributed by atoms with Crippen LogP contribution in [0.2, 0.25) is 0 Å². The highest BCUT2D eigenvalue weighted by Gasteiger charge is 2.21. The highest BCUT2D eigenvalue weighted by Crippen LogP contribution is 2.35. The van der Waals surface area contributed by atoms with Gasteiger partial charge in [0, 0.05) is 46.5 Å². The van der Waals surface area contributed by atoms with Crippen LogP contribution in [-0.4, -0.2) is 42.4 Å². The number of likely N-dealkylation sites (tertiary alicyclic amines) is 1. The molecule has 3 heterocycles. The van der Waals surface area contributed by atoms with Crippen molar-refractivity contribution in [1.82, 2.24) is 9.88 Å². The van der Waals surface area contributed by atoms with Gasteiger partial charge in [-0.25, -0.2) is 0 Å². The second-order valence-corrected chi connectivity index (χ2v) is 8.03. The van der Waals surface area contributed by atoms with Gasteiger partial charge in [0.15, 0.2) is 5.78 Å². The largest absolute Gasteiger partial charge is 0.485 e. The number of hydrogen-bond acceptors (Lipinski definition) is 4. The van der Waals surface area contributed by atoms with E-state index in [0.29, 0.717) is 12.3 Å². The fraction of sp³-hybridized carbons (Fsp3) is 0.348. The summed E-state index contributed by atoms with van der Waals surface area (Å²) in [6.07, 6.45) is 5.10. The Morgan fingerprint density at radius 1 is 1.11 bits per heavy atom. The molecule has 3 aromatic rings. The van der Waals surface area contributed by atoms with Gasteiger partial charge in [0.1, 0.15) is 12.4 Å². The number of Topliss-reactive ketones (excluding diaryl/α,β-unsaturated/α-hetero) is 1. The van der Waals surface area contributed by atoms with Gasteiger partial charge in [0.2, 0.25) is 0 Å². The van der Waals surface area contributed by atoms with Crippen LogP contribution in [0.15, 0.2) is 42.6 Å². The van der Waals surface area contributed by atoms with E-state index in [2.05, 4.69) is 46.6 Å². The fourth-order valence-corrected chi connectivity index (χ4v) is 4.38. The third-order valence-electron chi connectivity index (χ3n) is 6.00. The summed E-state index contributed by atoms with van der Waals surface area (Å²) < 4.78 is 5.56. The molecule has 2 aliphatic rings. The minimum absolute atomic E-state index is 0.130. The zero-order valence-corrected chi connectivity index (χ0v) is 16.1. The molecule has 2 aromatic carbocycles. The predicted molar refractivity (Wildman–Crippen MR) is 112 cm³/mol. The van der Waals surface area contributed by atoms with E-state index in [1.807, 2.05) is 18.2 Å². The average Bonchev–Trinajstić information content (AvgIpc) is 3.12. The van der Waals surface area contributed by atoms with Crippen LogP contribution in [0.3, 0.4) is 0 Å². The lowest BCUT2D eigenvalue weighted by Crippen LogP contribution is -2.29. The third-order valence-corrected chi connectivity index (χ3v) is 6.00. The van der Waals surface area contributed by atoms with Crippen molar-refractivity contribution < 1.29 is 9.53 Å². The molecule has 0 spiro atoms. The maximum absolute atomic E-state index is 11.5. The van der Waals surface area contributed by atoms with Crippen LogP contribution in [0.4, 0.5) is 11.4 Å². The number of carbonyl (C=O) groups is 1. The van der Waals surface area contributed by atoms with Gasteiger partial charge < -0.3 is 19.9 Å². The Balaban J connectivity index is 1.37. The molecule has 28 heavy (non-hydrogen) atoms. The van der Waals surface area contributed by atoms with Crippen molar-refractivity contribution in [2.45, 2.75) is 25.2 Å². The molecule has 2 aliphatic heterocycles. The molecule has 1 aromatic heterocycles. The smallest absolute Gasteiger partial charge is 0.174 e. The van der Waals surface area contributed by atoms with E-state index < -0.39 is 0 Å². The summed E-state index contributed by atoms with van der Waals surface area (Å²) >= 11 is 0. The SMILES string of the molecule is CN1CCC(c2c[nH]c3cc(Nc4ccc5c(c4)OCC(=O)C5)ccc23)CC1. The van der Waals surface area contributed by atoms with Gasteiger partial charge in [-0.1, -0.05) is 12.1 Å². The van der Waals surface area contributed by atoms with Crippen molar-refractivity contribution in [3.63, 3.8) is 0 Å². The lowest BCUT2D eigenvalue weighted by Gasteiger charge is -2.28. The third kappa shape index (κ3) is 3.27. The van der Waals surface area contributed by atoms with Crippen LogP contribution in [-0.2, 0) is 11.2 Å². The summed E-state index contributed by atoms with van der Waals surface area (Å²) in [6, 6.07) is 12.5. The highest BCUT2D eigenvalue weighted by molar-refractivity contribution is 5.88. The zero-order valence-electron chi connectivity index (χ0n) is 16.1. The molecule has 0 radical (unpaired) electrons. The molecule has 0 amide bonds. The van der Waals surface area contributed by atoms with Crippen LogP contribution in [0, 0.1) is 0 Å². The minimum atomic E-state index is 0.130. The standard InChI is InChI=1S/C23H25N3O2/c1-26-8-6-15(7-9-26)21-13-24-22-11-17(4-5-20(21)22)25-18-3-2-16-10-19(27)14-28-23(16)12-18/h2-5,11-13,15,24-25H,6-10,14H2,1H3. The van der Waals surface area contributed by atoms with E-state index in [9.17, 15) is 4.79 Å². The topological polar surface area (TPSA) is 57.4 Å². The number of H-pyrrole nitrogens is 1. The van der Waals surface area contributed by atoms with Gasteiger partial charge in [0.25, 0.3) is 0 Å². The van der Waals surface area contributed by atoms with Crippen LogP contribution < -0.4 is 10.1 Å². The molecular formula is C23H25N3O2. The Hall–Kier alpha value is -2.79. The number of fused-ring (bicyclic) bond motifs is 2. The van der Waals surface area contributed by atoms with Crippen LogP contribution in [0.25, 0.3) is 10.9 Å². The first-order valence-corrected chi connectivity index (χ1v) is 10.00. The number of nitrogens with one attached hydrogen (secondary N) is 2. The van der Waals surface area contributed by atoms with E-state index in [1.54, 1.807) is 0 Å². The molecule has 1 saturated heterocycles. The molecule has 0 unspecified atom stereocenters. The Kier molecular flexibility index (Phi) is 4.32. The zero-order chi connectivity index (χ0) is 19.1. The number of aromatic amines is 1. The number of hydrogen-bond donors (Lipinski definition) is 2. The molecule has 0 atom stereocenters. The summed E-state index contributed by atoms with van der Waals surface area (Å²) in [4.78, 5) is 17.4. The summed E-state index contributed by atoms with van der Waals surface area (Å²) in [7, 11) is 2.20. The van der Waals surface area contributed by atoms with E-state index >= 15 is 0 Å². The molecule has 0 saturated carbocycles. The first kappa shape index (κ1) is 17.3. The maximum Gasteiger partial charge on any atom is 0.174 e. The van der Waals surface area contributed by atoms with Crippen molar-refractivity contribution in [3.05, 3.63) is 53.7 Å². The lowest BCUT2D eigenvalue weighted by atomic mass is 9.89. The van der Waals surface area contributed by atoms with Crippen LogP contribution in [0.1, 0.15) is 29.9 Å². The van der Waals surface area contributed by atoms with E-state index in [1.165, 1.54) is 42.4 Å². The van der Waals surface area contributed by atoms with Crippen molar-refractivity contribution in [1.29, 1.82) is 0 Å². The molecule has 1 fully saturated rings. The molecule has 5 nitrogen and oxygen atoms in total. The van der Waals surface area contributed by atoms with Gasteiger partial charge in [-0.05, 0) is 62.7 Å². The summed E-state index contributed by atoms with van der Waals surface area (Å²) in [6.45, 7) is 2.51. The first-order valence-electron chi connectivity index (χ1n) is 10.00. The molecular weight excluding hydrogens is 350 g/mol. The number of carbonyl (C=O) groups excluding carboxylic acids is 1. The average molecular weight is 375 g/mol. The second kappa shape index (κ2) is 6.99. The molecule has 5 heteroatoms. The molecule has 144 valence electrons. The van der Waals surface area contributed by atoms with Crippen molar-refractivity contribution in [2.24, 2.45) is 0 Å². The number of benzene rings is 2. The van der Waals surface area contributed by atoms with Gasteiger partial charge in [-0.2, -0.15) is 0 Å². The Labute approximate surface area is 164 Å². The Morgan fingerprint density at radius 3 is 2.75 bits per heavy atom. The lowest BCUT2D eigenvalue weighted by molar-refractivity contribution is -0.121. The van der Waals surface area contributed by atoms with Gasteiger partial charge in [-0.3, -0.25) is 4.79 Å². The molecule has 0 bridgehead atoms.